The highest BCUT2D eigenvalue weighted by molar-refractivity contribution is 7.47. The third-order valence-corrected chi connectivity index (χ3v) is 9.29. The minimum Gasteiger partial charge on any atom is -0.462 e. The summed E-state index contributed by atoms with van der Waals surface area (Å²) in [5, 5.41) is 0. The van der Waals surface area contributed by atoms with Crippen LogP contribution in [0.15, 0.2) is 24.3 Å². The third-order valence-electron chi connectivity index (χ3n) is 8.31. The number of carbonyl (C=O) groups is 2. The number of esters is 2. The van der Waals surface area contributed by atoms with E-state index < -0.39 is 32.5 Å². The third kappa shape index (κ3) is 36.1. The molecule has 0 saturated heterocycles. The molecule has 288 valence electrons. The molecular formula is C39H74NO8P. The van der Waals surface area contributed by atoms with Crippen molar-refractivity contribution in [3.63, 3.8) is 0 Å². The van der Waals surface area contributed by atoms with Gasteiger partial charge in [-0.2, -0.15) is 0 Å². The fourth-order valence-electron chi connectivity index (χ4n) is 5.33. The van der Waals surface area contributed by atoms with Crippen molar-refractivity contribution >= 4 is 19.8 Å². The Balaban J connectivity index is 4.23. The van der Waals surface area contributed by atoms with Crippen LogP contribution in [0.3, 0.4) is 0 Å². The summed E-state index contributed by atoms with van der Waals surface area (Å²) >= 11 is 0. The number of carbonyl (C=O) groups excluding carboxylic acids is 2. The molecule has 0 aromatic carbocycles. The molecular weight excluding hydrogens is 641 g/mol. The number of hydrogen-bond acceptors (Lipinski definition) is 8. The lowest BCUT2D eigenvalue weighted by molar-refractivity contribution is -0.161. The van der Waals surface area contributed by atoms with Crippen molar-refractivity contribution < 1.29 is 37.6 Å². The molecule has 0 saturated carbocycles. The van der Waals surface area contributed by atoms with Crippen molar-refractivity contribution in [1.82, 2.24) is 0 Å². The zero-order chi connectivity index (χ0) is 36.1. The largest absolute Gasteiger partial charge is 0.472 e. The van der Waals surface area contributed by atoms with Gasteiger partial charge < -0.3 is 20.1 Å². The van der Waals surface area contributed by atoms with Crippen LogP contribution in [-0.2, 0) is 32.7 Å². The summed E-state index contributed by atoms with van der Waals surface area (Å²) in [5.74, 6) is -0.847. The first kappa shape index (κ1) is 47.5. The molecule has 3 N–H and O–H groups in total. The van der Waals surface area contributed by atoms with Gasteiger partial charge in [-0.15, -0.1) is 0 Å². The lowest BCUT2D eigenvalue weighted by atomic mass is 10.1. The molecule has 0 aromatic rings. The topological polar surface area (TPSA) is 134 Å². The summed E-state index contributed by atoms with van der Waals surface area (Å²) in [5.41, 5.74) is 5.33. The monoisotopic (exact) mass is 716 g/mol. The van der Waals surface area contributed by atoms with Crippen molar-refractivity contribution in [2.45, 2.75) is 187 Å². The highest BCUT2D eigenvalue weighted by atomic mass is 31.2. The van der Waals surface area contributed by atoms with Crippen LogP contribution in [0.4, 0.5) is 0 Å². The first-order chi connectivity index (χ1) is 23.8. The molecule has 49 heavy (non-hydrogen) atoms. The van der Waals surface area contributed by atoms with E-state index in [2.05, 4.69) is 38.2 Å². The molecule has 0 radical (unpaired) electrons. The molecule has 0 spiro atoms. The van der Waals surface area contributed by atoms with Crippen LogP contribution in [0.1, 0.15) is 181 Å². The van der Waals surface area contributed by atoms with Crippen molar-refractivity contribution in [2.75, 3.05) is 26.4 Å². The molecule has 2 atom stereocenters. The Morgan fingerprint density at radius 2 is 1.00 bits per heavy atom. The average Bonchev–Trinajstić information content (AvgIpc) is 3.08. The van der Waals surface area contributed by atoms with E-state index in [1.807, 2.05) is 0 Å². The van der Waals surface area contributed by atoms with E-state index >= 15 is 0 Å². The summed E-state index contributed by atoms with van der Waals surface area (Å²) in [4.78, 5) is 34.7. The van der Waals surface area contributed by atoms with E-state index in [9.17, 15) is 19.0 Å². The predicted molar refractivity (Wildman–Crippen MR) is 201 cm³/mol. The van der Waals surface area contributed by atoms with Gasteiger partial charge in [-0.3, -0.25) is 18.6 Å². The van der Waals surface area contributed by atoms with Crippen LogP contribution in [-0.4, -0.2) is 49.3 Å². The summed E-state index contributed by atoms with van der Waals surface area (Å²) < 4.78 is 32.7. The molecule has 1 unspecified atom stereocenters. The van der Waals surface area contributed by atoms with Crippen LogP contribution in [0, 0.1) is 0 Å². The highest BCUT2D eigenvalue weighted by Crippen LogP contribution is 2.43. The average molecular weight is 716 g/mol. The van der Waals surface area contributed by atoms with Gasteiger partial charge in [0, 0.05) is 19.4 Å². The van der Waals surface area contributed by atoms with Crippen LogP contribution in [0.25, 0.3) is 0 Å². The van der Waals surface area contributed by atoms with Crippen molar-refractivity contribution in [3.05, 3.63) is 24.3 Å². The second kappa shape index (κ2) is 36.3. The molecule has 0 aliphatic heterocycles. The number of allylic oxidation sites excluding steroid dienone is 4. The molecule has 10 heteroatoms. The minimum atomic E-state index is -4.37. The molecule has 0 aliphatic rings. The van der Waals surface area contributed by atoms with Crippen molar-refractivity contribution in [3.8, 4) is 0 Å². The van der Waals surface area contributed by atoms with Gasteiger partial charge in [0.2, 0.25) is 0 Å². The van der Waals surface area contributed by atoms with Gasteiger partial charge in [-0.25, -0.2) is 4.57 Å². The van der Waals surface area contributed by atoms with E-state index in [0.717, 1.165) is 70.6 Å². The molecule has 0 amide bonds. The second-order valence-electron chi connectivity index (χ2n) is 13.1. The zero-order valence-corrected chi connectivity index (χ0v) is 32.3. The quantitative estimate of drug-likeness (QED) is 0.0279. The zero-order valence-electron chi connectivity index (χ0n) is 31.4. The van der Waals surface area contributed by atoms with E-state index in [4.69, 9.17) is 24.3 Å². The molecule has 0 rings (SSSR count). The standard InChI is InChI=1S/C39H74NO8P/c1-3-5-7-9-11-13-15-17-18-20-22-24-26-28-30-32-39(42)48-37(36-47-49(43,44)46-34-33-40)35-45-38(41)31-29-27-25-23-21-19-16-14-12-10-8-6-4-2/h14,16-18,37H,3-13,15,19-36,40H2,1-2H3,(H,43,44)/b16-14+,18-17-/t37-/m1/s1. The number of phosphoric acid groups is 1. The SMILES string of the molecule is CCCCCC/C=C/CCCCCCCC(=O)OC[C@H](COP(=O)(O)OCCN)OC(=O)CCCCCCC/C=C\CCCCCCCC. The van der Waals surface area contributed by atoms with Crippen LogP contribution in [0.2, 0.25) is 0 Å². The van der Waals surface area contributed by atoms with Gasteiger partial charge >= 0.3 is 19.8 Å². The number of hydrogen-bond donors (Lipinski definition) is 2. The minimum absolute atomic E-state index is 0.0517. The number of phosphoric ester groups is 1. The molecule has 0 aliphatic carbocycles. The predicted octanol–water partition coefficient (Wildman–Crippen LogP) is 10.8. The first-order valence-corrected chi connectivity index (χ1v) is 21.3. The Labute approximate surface area is 300 Å². The number of rotatable bonds is 37. The van der Waals surface area contributed by atoms with Crippen LogP contribution >= 0.6 is 7.82 Å². The maximum atomic E-state index is 12.5. The van der Waals surface area contributed by atoms with E-state index in [0.29, 0.717) is 6.42 Å². The Hall–Kier alpha value is -1.51. The number of nitrogens with two attached hydrogens (primary N) is 1. The van der Waals surface area contributed by atoms with Gasteiger partial charge in [-0.1, -0.05) is 128 Å². The maximum Gasteiger partial charge on any atom is 0.472 e. The number of ether oxygens (including phenoxy) is 2. The fourth-order valence-corrected chi connectivity index (χ4v) is 6.09. The summed E-state index contributed by atoms with van der Waals surface area (Å²) in [6.07, 6.45) is 36.3. The number of unbranched alkanes of at least 4 members (excludes halogenated alkanes) is 20. The second-order valence-corrected chi connectivity index (χ2v) is 14.6. The summed E-state index contributed by atoms with van der Waals surface area (Å²) in [6, 6.07) is 0. The van der Waals surface area contributed by atoms with E-state index in [1.54, 1.807) is 0 Å². The van der Waals surface area contributed by atoms with Crippen molar-refractivity contribution in [1.29, 1.82) is 0 Å². The Bertz CT molecular complexity index is 866. The summed E-state index contributed by atoms with van der Waals surface area (Å²) in [6.45, 7) is 3.69. The van der Waals surface area contributed by atoms with Crippen molar-refractivity contribution in [2.24, 2.45) is 5.73 Å². The highest BCUT2D eigenvalue weighted by Gasteiger charge is 2.25. The molecule has 0 fully saturated rings. The summed E-state index contributed by atoms with van der Waals surface area (Å²) in [7, 11) is -4.37. The molecule has 9 nitrogen and oxygen atoms in total. The maximum absolute atomic E-state index is 12.5. The Morgan fingerprint density at radius 1 is 0.592 bits per heavy atom. The van der Waals surface area contributed by atoms with Gasteiger partial charge in [0.05, 0.1) is 13.2 Å². The van der Waals surface area contributed by atoms with E-state index in [-0.39, 0.29) is 32.6 Å². The lowest BCUT2D eigenvalue weighted by Gasteiger charge is -2.19. The Kier molecular flexibility index (Phi) is 35.2. The van der Waals surface area contributed by atoms with Gasteiger partial charge in [0.25, 0.3) is 0 Å². The molecule has 0 aromatic heterocycles. The first-order valence-electron chi connectivity index (χ1n) is 19.8. The lowest BCUT2D eigenvalue weighted by Crippen LogP contribution is -2.29. The normalized spacial score (nSPS) is 13.6. The molecule has 0 bridgehead atoms. The van der Waals surface area contributed by atoms with Gasteiger partial charge in [0.15, 0.2) is 6.10 Å². The molecule has 0 heterocycles. The van der Waals surface area contributed by atoms with Gasteiger partial charge in [0.1, 0.15) is 6.61 Å². The Morgan fingerprint density at radius 3 is 1.47 bits per heavy atom. The van der Waals surface area contributed by atoms with Crippen LogP contribution < -0.4 is 5.73 Å². The van der Waals surface area contributed by atoms with E-state index in [1.165, 1.54) is 77.0 Å². The van der Waals surface area contributed by atoms with Crippen LogP contribution in [0.5, 0.6) is 0 Å². The fraction of sp³-hybridized carbons (Fsp3) is 0.846. The smallest absolute Gasteiger partial charge is 0.462 e. The van der Waals surface area contributed by atoms with Gasteiger partial charge in [-0.05, 0) is 64.2 Å².